The maximum absolute atomic E-state index is 9.74. The molecule has 2 aromatic rings. The summed E-state index contributed by atoms with van der Waals surface area (Å²) in [5, 5.41) is 19.4. The van der Waals surface area contributed by atoms with Crippen LogP contribution in [-0.2, 0) is 9.48 Å². The Morgan fingerprint density at radius 1 is 0.947 bits per heavy atom. The van der Waals surface area contributed by atoms with Crippen LogP contribution in [0.25, 0.3) is 11.1 Å². The van der Waals surface area contributed by atoms with Crippen LogP contribution in [0, 0.1) is 0 Å². The van der Waals surface area contributed by atoms with E-state index in [0.717, 1.165) is 21.6 Å². The largest absolute Gasteiger partial charge is 0.508 e. The van der Waals surface area contributed by atoms with Gasteiger partial charge < -0.3 is 14.9 Å². The lowest BCUT2D eigenvalue weighted by atomic mass is 9.87. The van der Waals surface area contributed by atoms with E-state index >= 15 is 0 Å². The summed E-state index contributed by atoms with van der Waals surface area (Å²) in [5.74, 6) is 0.566. The van der Waals surface area contributed by atoms with Crippen LogP contribution in [0.5, 0.6) is 11.5 Å². The monoisotopic (exact) mass is 272 g/mol. The van der Waals surface area contributed by atoms with Crippen molar-refractivity contribution in [3.05, 3.63) is 42.0 Å². The minimum absolute atomic E-state index is 0.116. The van der Waals surface area contributed by atoms with Crippen LogP contribution in [0.2, 0.25) is 0 Å². The summed E-state index contributed by atoms with van der Waals surface area (Å²) >= 11 is 1.72. The molecule has 3 nitrogen and oxygen atoms in total. The molecule has 2 aliphatic rings. The van der Waals surface area contributed by atoms with E-state index in [9.17, 15) is 10.2 Å². The van der Waals surface area contributed by atoms with Gasteiger partial charge in [0.15, 0.2) is 0 Å². The molecule has 4 rings (SSSR count). The molecule has 0 radical (unpaired) electrons. The van der Waals surface area contributed by atoms with Crippen molar-refractivity contribution in [1.29, 1.82) is 0 Å². The summed E-state index contributed by atoms with van der Waals surface area (Å²) in [6.45, 7) is 1.28. The van der Waals surface area contributed by atoms with E-state index in [1.165, 1.54) is 0 Å². The van der Waals surface area contributed by atoms with E-state index in [1.54, 1.807) is 30.0 Å². The first-order valence-corrected chi connectivity index (χ1v) is 6.93. The van der Waals surface area contributed by atoms with Crippen molar-refractivity contribution >= 4 is 11.8 Å². The van der Waals surface area contributed by atoms with Gasteiger partial charge in [-0.1, -0.05) is 6.07 Å². The van der Waals surface area contributed by atoms with Gasteiger partial charge in [0.1, 0.15) is 11.5 Å². The Hall–Kier alpha value is -1.65. The molecule has 0 aliphatic carbocycles. The van der Waals surface area contributed by atoms with Crippen LogP contribution in [0.15, 0.2) is 41.3 Å². The molecule has 2 heterocycles. The number of phenols is 2. The maximum Gasteiger partial charge on any atom is 0.116 e. The van der Waals surface area contributed by atoms with E-state index in [4.69, 9.17) is 4.74 Å². The Bertz CT molecular complexity index is 677. The van der Waals surface area contributed by atoms with E-state index in [0.29, 0.717) is 13.2 Å². The molecule has 1 spiro atoms. The molecule has 2 aromatic carbocycles. The lowest BCUT2D eigenvalue weighted by molar-refractivity contribution is -0.0109. The minimum Gasteiger partial charge on any atom is -0.508 e. The summed E-state index contributed by atoms with van der Waals surface area (Å²) in [4.78, 5) is 1.07. The smallest absolute Gasteiger partial charge is 0.116 e. The molecule has 19 heavy (non-hydrogen) atoms. The first-order chi connectivity index (χ1) is 9.18. The van der Waals surface area contributed by atoms with E-state index in [1.807, 2.05) is 18.2 Å². The summed E-state index contributed by atoms with van der Waals surface area (Å²) in [6.07, 6.45) is 0. The Kier molecular flexibility index (Phi) is 2.17. The fraction of sp³-hybridized carbons (Fsp3) is 0.200. The van der Waals surface area contributed by atoms with Crippen LogP contribution in [0.1, 0.15) is 5.56 Å². The standard InChI is InChI=1S/C15H12O3S/c16-9-1-3-11-12-4-2-10(17)6-14(12)19-15(7-18-8-15)13(11)5-9/h1-6,16-17H,7-8H2. The lowest BCUT2D eigenvalue weighted by Gasteiger charge is -2.45. The highest BCUT2D eigenvalue weighted by Gasteiger charge is 2.46. The van der Waals surface area contributed by atoms with Crippen LogP contribution in [-0.4, -0.2) is 23.4 Å². The van der Waals surface area contributed by atoms with Gasteiger partial charge in [-0.15, -0.1) is 11.8 Å². The van der Waals surface area contributed by atoms with Gasteiger partial charge in [-0.25, -0.2) is 0 Å². The van der Waals surface area contributed by atoms with Crippen LogP contribution in [0.3, 0.4) is 0 Å². The zero-order chi connectivity index (χ0) is 13.0. The molecule has 0 saturated carbocycles. The summed E-state index contributed by atoms with van der Waals surface area (Å²) in [7, 11) is 0. The van der Waals surface area contributed by atoms with Crippen molar-refractivity contribution in [2.75, 3.05) is 13.2 Å². The SMILES string of the molecule is Oc1ccc2c(c1)SC1(COC1)c1cc(O)ccc1-2. The highest BCUT2D eigenvalue weighted by molar-refractivity contribution is 8.00. The van der Waals surface area contributed by atoms with Gasteiger partial charge in [0.25, 0.3) is 0 Å². The van der Waals surface area contributed by atoms with Crippen molar-refractivity contribution in [2.24, 2.45) is 0 Å². The first kappa shape index (κ1) is 11.2. The van der Waals surface area contributed by atoms with E-state index in [2.05, 4.69) is 0 Å². The molecular formula is C15H12O3S. The molecule has 96 valence electrons. The average Bonchev–Trinajstić information content (AvgIpc) is 2.35. The zero-order valence-corrected chi connectivity index (χ0v) is 10.9. The van der Waals surface area contributed by atoms with Gasteiger partial charge in [0.05, 0.1) is 18.0 Å². The second-order valence-corrected chi connectivity index (χ2v) is 6.42. The highest BCUT2D eigenvalue weighted by atomic mass is 32.2. The molecule has 1 saturated heterocycles. The predicted molar refractivity (Wildman–Crippen MR) is 73.6 cm³/mol. The van der Waals surface area contributed by atoms with E-state index in [-0.39, 0.29) is 16.2 Å². The van der Waals surface area contributed by atoms with Gasteiger partial charge in [-0.3, -0.25) is 0 Å². The van der Waals surface area contributed by atoms with E-state index < -0.39 is 0 Å². The quantitative estimate of drug-likeness (QED) is 0.773. The molecule has 0 amide bonds. The zero-order valence-electron chi connectivity index (χ0n) is 10.1. The third kappa shape index (κ3) is 1.50. The second kappa shape index (κ2) is 3.68. The summed E-state index contributed by atoms with van der Waals surface area (Å²) in [5.41, 5.74) is 3.35. The Balaban J connectivity index is 2.00. The number of phenolic OH excluding ortho intramolecular Hbond substituents is 2. The Morgan fingerprint density at radius 2 is 1.63 bits per heavy atom. The molecule has 0 atom stereocenters. The van der Waals surface area contributed by atoms with Gasteiger partial charge in [0, 0.05) is 4.90 Å². The molecule has 0 bridgehead atoms. The van der Waals surface area contributed by atoms with Crippen molar-refractivity contribution in [1.82, 2.24) is 0 Å². The van der Waals surface area contributed by atoms with Crippen molar-refractivity contribution in [2.45, 2.75) is 9.64 Å². The third-order valence-electron chi connectivity index (χ3n) is 3.73. The Labute approximate surface area is 114 Å². The number of ether oxygens (including phenoxy) is 1. The number of aromatic hydroxyl groups is 2. The van der Waals surface area contributed by atoms with Crippen molar-refractivity contribution in [3.8, 4) is 22.6 Å². The lowest BCUT2D eigenvalue weighted by Crippen LogP contribution is -2.45. The van der Waals surface area contributed by atoms with Gasteiger partial charge >= 0.3 is 0 Å². The minimum atomic E-state index is -0.116. The summed E-state index contributed by atoms with van der Waals surface area (Å²) in [6, 6.07) is 10.9. The highest BCUT2D eigenvalue weighted by Crippen LogP contribution is 2.57. The van der Waals surface area contributed by atoms with Crippen LogP contribution in [0.4, 0.5) is 0 Å². The second-order valence-electron chi connectivity index (χ2n) is 5.00. The van der Waals surface area contributed by atoms with Crippen LogP contribution < -0.4 is 0 Å². The fourth-order valence-corrected chi connectivity index (χ4v) is 4.18. The number of fused-ring (bicyclic) bond motifs is 4. The normalized spacial score (nSPS) is 18.5. The topological polar surface area (TPSA) is 49.7 Å². The molecular weight excluding hydrogens is 260 g/mol. The fourth-order valence-electron chi connectivity index (χ4n) is 2.73. The number of thioether (sulfide) groups is 1. The number of rotatable bonds is 0. The van der Waals surface area contributed by atoms with Crippen molar-refractivity contribution in [3.63, 3.8) is 0 Å². The van der Waals surface area contributed by atoms with Gasteiger partial charge in [-0.05, 0) is 47.0 Å². The predicted octanol–water partition coefficient (Wildman–Crippen LogP) is 3.10. The molecule has 0 unspecified atom stereocenters. The summed E-state index contributed by atoms with van der Waals surface area (Å²) < 4.78 is 5.28. The molecule has 1 fully saturated rings. The Morgan fingerprint density at radius 3 is 2.32 bits per heavy atom. The number of hydrogen-bond donors (Lipinski definition) is 2. The number of hydrogen-bond acceptors (Lipinski definition) is 4. The maximum atomic E-state index is 9.74. The number of benzene rings is 2. The average molecular weight is 272 g/mol. The molecule has 0 aromatic heterocycles. The molecule has 2 aliphatic heterocycles. The van der Waals surface area contributed by atoms with Gasteiger partial charge in [-0.2, -0.15) is 0 Å². The molecule has 4 heteroatoms. The van der Waals surface area contributed by atoms with Gasteiger partial charge in [0.2, 0.25) is 0 Å². The third-order valence-corrected chi connectivity index (χ3v) is 5.13. The van der Waals surface area contributed by atoms with Crippen LogP contribution >= 0.6 is 11.8 Å². The molecule has 2 N–H and O–H groups in total. The first-order valence-electron chi connectivity index (χ1n) is 6.12. The van der Waals surface area contributed by atoms with Crippen molar-refractivity contribution < 1.29 is 14.9 Å².